The predicted octanol–water partition coefficient (Wildman–Crippen LogP) is 4.97. The number of ether oxygens (including phenoxy) is 2. The van der Waals surface area contributed by atoms with Crippen LogP contribution >= 0.6 is 11.6 Å². The zero-order valence-electron chi connectivity index (χ0n) is 14.1. The molecule has 1 aliphatic rings. The summed E-state index contributed by atoms with van der Waals surface area (Å²) in [5.41, 5.74) is 2.82. The Morgan fingerprint density at radius 2 is 2.12 bits per heavy atom. The minimum atomic E-state index is -0.416. The molecule has 0 spiro atoms. The van der Waals surface area contributed by atoms with Crippen molar-refractivity contribution in [2.45, 2.75) is 19.3 Å². The molecule has 0 unspecified atom stereocenters. The Bertz CT molecular complexity index is 906. The summed E-state index contributed by atoms with van der Waals surface area (Å²) >= 11 is 6.23. The molecule has 0 bridgehead atoms. The van der Waals surface area contributed by atoms with Crippen molar-refractivity contribution in [3.05, 3.63) is 53.2 Å². The monoisotopic (exact) mass is 360 g/mol. The van der Waals surface area contributed by atoms with Crippen molar-refractivity contribution < 1.29 is 13.9 Å². The van der Waals surface area contributed by atoms with E-state index in [1.807, 2.05) is 0 Å². The van der Waals surface area contributed by atoms with Crippen molar-refractivity contribution in [2.24, 2.45) is 0 Å². The van der Waals surface area contributed by atoms with Gasteiger partial charge >= 0.3 is 0 Å². The molecule has 0 aliphatic heterocycles. The first-order valence-corrected chi connectivity index (χ1v) is 8.24. The Hall–Kier alpha value is -2.40. The van der Waals surface area contributed by atoms with Crippen LogP contribution < -0.4 is 9.47 Å². The first-order chi connectivity index (χ1) is 12.1. The quantitative estimate of drug-likeness (QED) is 0.706. The minimum absolute atomic E-state index is 0.102. The van der Waals surface area contributed by atoms with Gasteiger partial charge in [0.05, 0.1) is 30.5 Å². The highest BCUT2D eigenvalue weighted by molar-refractivity contribution is 6.35. The van der Waals surface area contributed by atoms with Crippen LogP contribution in [0.25, 0.3) is 16.5 Å². The van der Waals surface area contributed by atoms with Crippen molar-refractivity contribution in [1.29, 1.82) is 0 Å². The summed E-state index contributed by atoms with van der Waals surface area (Å²) in [5, 5.41) is 0.883. The van der Waals surface area contributed by atoms with Crippen LogP contribution in [0.3, 0.4) is 0 Å². The van der Waals surface area contributed by atoms with E-state index in [0.29, 0.717) is 47.5 Å². The second-order valence-corrected chi connectivity index (χ2v) is 5.96. The lowest BCUT2D eigenvalue weighted by atomic mass is 9.94. The number of hydrogen-bond donors (Lipinski definition) is 0. The van der Waals surface area contributed by atoms with Gasteiger partial charge in [-0.05, 0) is 25.3 Å². The Balaban J connectivity index is 2.40. The van der Waals surface area contributed by atoms with Crippen molar-refractivity contribution in [1.82, 2.24) is 9.97 Å². The lowest BCUT2D eigenvalue weighted by Crippen LogP contribution is -2.04. The molecule has 1 aromatic heterocycles. The molecule has 0 fully saturated rings. The summed E-state index contributed by atoms with van der Waals surface area (Å²) in [5.74, 6) is 0.751. The second kappa shape index (κ2) is 7.23. The van der Waals surface area contributed by atoms with E-state index in [9.17, 15) is 4.39 Å². The molecule has 6 heteroatoms. The SMILES string of the molecule is C=CCc1c(OC)c(OC)cc2ncnc(C3=C(Cl)C(F)=CCC3)c12. The number of hydrogen-bond acceptors (Lipinski definition) is 4. The third kappa shape index (κ3) is 3.00. The van der Waals surface area contributed by atoms with Crippen molar-refractivity contribution in [2.75, 3.05) is 14.2 Å². The van der Waals surface area contributed by atoms with Crippen LogP contribution in [0.4, 0.5) is 4.39 Å². The van der Waals surface area contributed by atoms with E-state index >= 15 is 0 Å². The first-order valence-electron chi connectivity index (χ1n) is 7.86. The summed E-state index contributed by atoms with van der Waals surface area (Å²) in [6, 6.07) is 1.79. The molecule has 0 amide bonds. The average molecular weight is 361 g/mol. The molecule has 4 nitrogen and oxygen atoms in total. The predicted molar refractivity (Wildman–Crippen MR) is 97.7 cm³/mol. The fourth-order valence-electron chi connectivity index (χ4n) is 3.11. The van der Waals surface area contributed by atoms with E-state index in [0.717, 1.165) is 10.9 Å². The third-order valence-electron chi connectivity index (χ3n) is 4.19. The third-order valence-corrected chi connectivity index (χ3v) is 4.60. The van der Waals surface area contributed by atoms with Crippen LogP contribution in [0, 0.1) is 0 Å². The molecule has 0 N–H and O–H groups in total. The molecule has 2 aromatic rings. The molecule has 0 saturated heterocycles. The van der Waals surface area contributed by atoms with Crippen molar-refractivity contribution in [3.8, 4) is 11.5 Å². The number of allylic oxidation sites excluding steroid dienone is 5. The zero-order chi connectivity index (χ0) is 18.0. The van der Waals surface area contributed by atoms with Gasteiger partial charge < -0.3 is 9.47 Å². The molecule has 0 radical (unpaired) electrons. The molecule has 3 rings (SSSR count). The number of nitrogens with zero attached hydrogens (tertiary/aromatic N) is 2. The molecule has 1 aliphatic carbocycles. The van der Waals surface area contributed by atoms with Gasteiger partial charge in [-0.1, -0.05) is 17.7 Å². The summed E-state index contributed by atoms with van der Waals surface area (Å²) < 4.78 is 25.0. The smallest absolute Gasteiger partial charge is 0.165 e. The lowest BCUT2D eigenvalue weighted by molar-refractivity contribution is 0.353. The molecular weight excluding hydrogens is 343 g/mol. The van der Waals surface area contributed by atoms with E-state index in [4.69, 9.17) is 21.1 Å². The van der Waals surface area contributed by atoms with Crippen LogP contribution in [-0.4, -0.2) is 24.2 Å². The Morgan fingerprint density at radius 1 is 1.32 bits per heavy atom. The largest absolute Gasteiger partial charge is 0.493 e. The van der Waals surface area contributed by atoms with Gasteiger partial charge in [0, 0.05) is 22.6 Å². The molecule has 1 heterocycles. The van der Waals surface area contributed by atoms with E-state index in [1.54, 1.807) is 26.4 Å². The van der Waals surface area contributed by atoms with Gasteiger partial charge in [-0.3, -0.25) is 0 Å². The normalized spacial score (nSPS) is 14.5. The number of halogens is 2. The highest BCUT2D eigenvalue weighted by Gasteiger charge is 2.23. The number of aromatic nitrogens is 2. The van der Waals surface area contributed by atoms with Crippen LogP contribution in [0.2, 0.25) is 0 Å². The maximum absolute atomic E-state index is 14.0. The first kappa shape index (κ1) is 17.4. The van der Waals surface area contributed by atoms with Gasteiger partial charge in [-0.15, -0.1) is 6.58 Å². The number of rotatable bonds is 5. The summed E-state index contributed by atoms with van der Waals surface area (Å²) in [4.78, 5) is 8.76. The molecular formula is C19H18ClFN2O2. The van der Waals surface area contributed by atoms with Crippen LogP contribution in [0.15, 0.2) is 42.0 Å². The second-order valence-electron chi connectivity index (χ2n) is 5.58. The van der Waals surface area contributed by atoms with Crippen molar-refractivity contribution in [3.63, 3.8) is 0 Å². The molecule has 25 heavy (non-hydrogen) atoms. The Morgan fingerprint density at radius 3 is 2.80 bits per heavy atom. The molecule has 130 valence electrons. The Kier molecular flexibility index (Phi) is 5.04. The van der Waals surface area contributed by atoms with Gasteiger partial charge in [0.1, 0.15) is 12.2 Å². The summed E-state index contributed by atoms with van der Waals surface area (Å²) in [7, 11) is 3.15. The minimum Gasteiger partial charge on any atom is -0.493 e. The molecule has 0 saturated carbocycles. The molecule has 1 aromatic carbocycles. The molecule has 0 atom stereocenters. The van der Waals surface area contributed by atoms with Crippen molar-refractivity contribution >= 4 is 28.1 Å². The van der Waals surface area contributed by atoms with E-state index < -0.39 is 5.83 Å². The standard InChI is InChI=1S/C19H18ClFN2O2/c1-4-6-11-16-14(9-15(24-2)19(11)25-3)22-10-23-18(16)12-7-5-8-13(21)17(12)20/h4,8-10H,1,5-7H2,2-3H3. The zero-order valence-corrected chi connectivity index (χ0v) is 14.9. The van der Waals surface area contributed by atoms with Gasteiger partial charge in [-0.25, -0.2) is 14.4 Å². The van der Waals surface area contributed by atoms with E-state index in [2.05, 4.69) is 16.5 Å². The van der Waals surface area contributed by atoms with Gasteiger partial charge in [0.25, 0.3) is 0 Å². The highest BCUT2D eigenvalue weighted by Crippen LogP contribution is 2.42. The van der Waals surface area contributed by atoms with Gasteiger partial charge in [0.15, 0.2) is 11.5 Å². The maximum atomic E-state index is 14.0. The van der Waals surface area contributed by atoms with E-state index in [-0.39, 0.29) is 5.03 Å². The fourth-order valence-corrected chi connectivity index (χ4v) is 3.37. The van der Waals surface area contributed by atoms with Crippen LogP contribution in [-0.2, 0) is 6.42 Å². The summed E-state index contributed by atoms with van der Waals surface area (Å²) in [6.07, 6.45) is 6.43. The number of fused-ring (bicyclic) bond motifs is 1. The number of benzene rings is 1. The maximum Gasteiger partial charge on any atom is 0.165 e. The summed E-state index contributed by atoms with van der Waals surface area (Å²) in [6.45, 7) is 3.82. The van der Waals surface area contributed by atoms with E-state index in [1.165, 1.54) is 12.4 Å². The number of methoxy groups -OCH3 is 2. The average Bonchev–Trinajstić information content (AvgIpc) is 2.63. The highest BCUT2D eigenvalue weighted by atomic mass is 35.5. The topological polar surface area (TPSA) is 44.2 Å². The van der Waals surface area contributed by atoms with Crippen LogP contribution in [0.1, 0.15) is 24.1 Å². The lowest BCUT2D eigenvalue weighted by Gasteiger charge is -2.19. The van der Waals surface area contributed by atoms with Gasteiger partial charge in [0.2, 0.25) is 0 Å². The Labute approximate surface area is 150 Å². The van der Waals surface area contributed by atoms with Gasteiger partial charge in [-0.2, -0.15) is 0 Å². The fraction of sp³-hybridized carbons (Fsp3) is 0.263. The van der Waals surface area contributed by atoms with Crippen LogP contribution in [0.5, 0.6) is 11.5 Å².